The Morgan fingerprint density at radius 1 is 1.00 bits per heavy atom. The van der Waals surface area contributed by atoms with Crippen molar-refractivity contribution in [2.45, 2.75) is 12.5 Å². The van der Waals surface area contributed by atoms with Gasteiger partial charge in [0, 0.05) is 17.5 Å². The number of hydrogen-bond acceptors (Lipinski definition) is 7. The van der Waals surface area contributed by atoms with Crippen molar-refractivity contribution in [1.82, 2.24) is 5.01 Å². The van der Waals surface area contributed by atoms with Crippen LogP contribution in [0.1, 0.15) is 34.1 Å². The quantitative estimate of drug-likeness (QED) is 0.437. The number of ether oxygens (including phenoxy) is 4. The molecule has 1 atom stereocenters. The molecule has 0 radical (unpaired) electrons. The lowest BCUT2D eigenvalue weighted by Gasteiger charge is -2.23. The second-order valence-corrected chi connectivity index (χ2v) is 7.95. The van der Waals surface area contributed by atoms with Crippen molar-refractivity contribution in [2.75, 3.05) is 28.4 Å². The third kappa shape index (κ3) is 4.28. The Kier molecular flexibility index (Phi) is 6.60. The fourth-order valence-corrected chi connectivity index (χ4v) is 4.17. The van der Waals surface area contributed by atoms with E-state index in [-0.39, 0.29) is 11.7 Å². The largest absolute Gasteiger partial charge is 0.497 e. The molecule has 1 aliphatic rings. The molecule has 0 spiro atoms. The van der Waals surface area contributed by atoms with Crippen LogP contribution in [0.2, 0.25) is 0 Å². The van der Waals surface area contributed by atoms with Crippen LogP contribution in [-0.2, 0) is 0 Å². The second kappa shape index (κ2) is 9.58. The molecule has 172 valence electrons. The van der Waals surface area contributed by atoms with Gasteiger partial charge in [0.1, 0.15) is 11.5 Å². The van der Waals surface area contributed by atoms with Gasteiger partial charge in [0.15, 0.2) is 21.9 Å². The molecule has 1 amide bonds. The number of furan rings is 1. The number of carbonyl (C=O) groups excluding carboxylic acids is 1. The molecule has 0 bridgehead atoms. The molecule has 0 fully saturated rings. The van der Waals surface area contributed by atoms with Crippen molar-refractivity contribution in [1.29, 1.82) is 0 Å². The zero-order valence-corrected chi connectivity index (χ0v) is 20.2. The van der Waals surface area contributed by atoms with Crippen LogP contribution in [0, 0.1) is 0 Å². The third-order valence-electron chi connectivity index (χ3n) is 5.41. The predicted octanol–water partition coefficient (Wildman–Crippen LogP) is 5.07. The Balaban J connectivity index is 1.84. The van der Waals surface area contributed by atoms with Gasteiger partial charge in [0.2, 0.25) is 0 Å². The zero-order valence-electron chi connectivity index (χ0n) is 18.6. The first-order valence-corrected chi connectivity index (χ1v) is 10.9. The number of nitrogens with zero attached hydrogens (tertiary/aromatic N) is 2. The third-order valence-corrected chi connectivity index (χ3v) is 5.84. The maximum absolute atomic E-state index is 13.4. The van der Waals surface area contributed by atoms with Gasteiger partial charge in [-0.15, -0.1) is 0 Å². The Morgan fingerprint density at radius 2 is 1.79 bits per heavy atom. The summed E-state index contributed by atoms with van der Waals surface area (Å²) in [6, 6.07) is 13.8. The predicted molar refractivity (Wildman–Crippen MR) is 126 cm³/mol. The lowest BCUT2D eigenvalue weighted by molar-refractivity contribution is 0.0675. The molecule has 8 nitrogen and oxygen atoms in total. The van der Waals surface area contributed by atoms with Gasteiger partial charge in [-0.3, -0.25) is 4.79 Å². The number of benzene rings is 2. The van der Waals surface area contributed by atoms with Gasteiger partial charge in [-0.1, -0.05) is 12.1 Å². The van der Waals surface area contributed by atoms with Crippen molar-refractivity contribution >= 4 is 27.5 Å². The summed E-state index contributed by atoms with van der Waals surface area (Å²) in [6.45, 7) is 0. The highest BCUT2D eigenvalue weighted by Gasteiger charge is 2.38. The summed E-state index contributed by atoms with van der Waals surface area (Å²) in [5.41, 5.74) is 2.16. The highest BCUT2D eigenvalue weighted by atomic mass is 79.9. The van der Waals surface area contributed by atoms with Gasteiger partial charge in [0.05, 0.1) is 40.2 Å². The average Bonchev–Trinajstić information content (AvgIpc) is 3.49. The number of amides is 1. The Labute approximate surface area is 199 Å². The van der Waals surface area contributed by atoms with E-state index in [4.69, 9.17) is 28.5 Å². The molecular weight excluding hydrogens is 492 g/mol. The minimum Gasteiger partial charge on any atom is -0.497 e. The van der Waals surface area contributed by atoms with Gasteiger partial charge in [-0.05, 0) is 52.3 Å². The molecule has 0 saturated carbocycles. The number of methoxy groups -OCH3 is 4. The molecule has 9 heteroatoms. The topological polar surface area (TPSA) is 82.7 Å². The van der Waals surface area contributed by atoms with E-state index in [1.54, 1.807) is 46.6 Å². The summed E-state index contributed by atoms with van der Waals surface area (Å²) < 4.78 is 28.0. The van der Waals surface area contributed by atoms with E-state index in [2.05, 4.69) is 15.9 Å². The Morgan fingerprint density at radius 3 is 2.42 bits per heavy atom. The lowest BCUT2D eigenvalue weighted by Crippen LogP contribution is -2.27. The molecule has 1 aliphatic heterocycles. The van der Waals surface area contributed by atoms with Gasteiger partial charge in [-0.2, -0.15) is 5.10 Å². The van der Waals surface area contributed by atoms with E-state index in [1.807, 2.05) is 30.3 Å². The van der Waals surface area contributed by atoms with Crippen LogP contribution in [0.5, 0.6) is 23.0 Å². The molecule has 0 N–H and O–H groups in total. The van der Waals surface area contributed by atoms with Crippen molar-refractivity contribution < 1.29 is 28.2 Å². The van der Waals surface area contributed by atoms with Gasteiger partial charge >= 0.3 is 5.91 Å². The monoisotopic (exact) mass is 514 g/mol. The van der Waals surface area contributed by atoms with E-state index >= 15 is 0 Å². The molecule has 0 aliphatic carbocycles. The molecule has 3 aromatic rings. The zero-order chi connectivity index (χ0) is 23.5. The van der Waals surface area contributed by atoms with Crippen molar-refractivity contribution in [3.8, 4) is 23.0 Å². The van der Waals surface area contributed by atoms with E-state index in [0.29, 0.717) is 39.8 Å². The highest BCUT2D eigenvalue weighted by Crippen LogP contribution is 2.43. The fraction of sp³-hybridized carbons (Fsp3) is 0.250. The summed E-state index contributed by atoms with van der Waals surface area (Å²) in [7, 11) is 6.32. The summed E-state index contributed by atoms with van der Waals surface area (Å²) in [5.74, 6) is 2.17. The molecule has 1 aromatic heterocycles. The molecular formula is C24H23BrN2O6. The molecule has 2 aromatic carbocycles. The number of carbonyl (C=O) groups is 1. The standard InChI is InChI=1S/C24H23BrN2O6/c1-29-14-8-9-19(30-2)16(12-14)17-13-18(15-6-5-7-20(31-3)23(15)32-4)27(26-17)24(28)21-10-11-22(25)33-21/h5-12,18H,13H2,1-4H3/t18-/m0/s1. The van der Waals surface area contributed by atoms with Crippen molar-refractivity contribution in [3.05, 3.63) is 70.1 Å². The summed E-state index contributed by atoms with van der Waals surface area (Å²) >= 11 is 3.25. The van der Waals surface area contributed by atoms with Crippen LogP contribution in [0.25, 0.3) is 0 Å². The van der Waals surface area contributed by atoms with Crippen LogP contribution in [0.15, 0.2) is 62.7 Å². The molecule has 0 saturated heterocycles. The van der Waals surface area contributed by atoms with Crippen LogP contribution < -0.4 is 18.9 Å². The van der Waals surface area contributed by atoms with Crippen LogP contribution in [0.3, 0.4) is 0 Å². The fourth-order valence-electron chi connectivity index (χ4n) is 3.86. The minimum absolute atomic E-state index is 0.163. The Bertz CT molecular complexity index is 1210. The van der Waals surface area contributed by atoms with E-state index in [0.717, 1.165) is 11.1 Å². The van der Waals surface area contributed by atoms with Gasteiger partial charge < -0.3 is 23.4 Å². The number of hydrazone groups is 1. The van der Waals surface area contributed by atoms with Gasteiger partial charge in [0.25, 0.3) is 0 Å². The summed E-state index contributed by atoms with van der Waals surface area (Å²) in [6.07, 6.45) is 0.417. The van der Waals surface area contributed by atoms with Crippen LogP contribution in [-0.4, -0.2) is 45.1 Å². The lowest BCUT2D eigenvalue weighted by atomic mass is 9.96. The molecule has 2 heterocycles. The van der Waals surface area contributed by atoms with E-state index in [1.165, 1.54) is 5.01 Å². The van der Waals surface area contributed by atoms with Gasteiger partial charge in [-0.25, -0.2) is 5.01 Å². The summed E-state index contributed by atoms with van der Waals surface area (Å²) in [4.78, 5) is 13.4. The normalized spacial score (nSPS) is 15.2. The average molecular weight is 515 g/mol. The maximum Gasteiger partial charge on any atom is 0.310 e. The van der Waals surface area contributed by atoms with Crippen LogP contribution in [0.4, 0.5) is 0 Å². The first-order chi connectivity index (χ1) is 16.0. The van der Waals surface area contributed by atoms with Crippen molar-refractivity contribution in [2.24, 2.45) is 5.10 Å². The Hall–Kier alpha value is -3.46. The smallest absolute Gasteiger partial charge is 0.310 e. The molecule has 4 rings (SSSR count). The van der Waals surface area contributed by atoms with Crippen molar-refractivity contribution in [3.63, 3.8) is 0 Å². The number of halogens is 1. The number of rotatable bonds is 7. The minimum atomic E-state index is -0.461. The maximum atomic E-state index is 13.4. The SMILES string of the molecule is COc1ccc(OC)c(C2=NN(C(=O)c3ccc(Br)o3)[C@H](c3cccc(OC)c3OC)C2)c1. The summed E-state index contributed by atoms with van der Waals surface area (Å²) in [5, 5.41) is 6.12. The van der Waals surface area contributed by atoms with E-state index in [9.17, 15) is 4.79 Å². The first-order valence-electron chi connectivity index (χ1n) is 10.1. The van der Waals surface area contributed by atoms with E-state index < -0.39 is 6.04 Å². The molecule has 0 unspecified atom stereocenters. The van der Waals surface area contributed by atoms with Crippen LogP contribution >= 0.6 is 15.9 Å². The molecule has 33 heavy (non-hydrogen) atoms. The number of hydrogen-bond donors (Lipinski definition) is 0. The first kappa shape index (κ1) is 22.7. The second-order valence-electron chi connectivity index (χ2n) is 7.17. The number of para-hydroxylation sites is 1. The highest BCUT2D eigenvalue weighted by molar-refractivity contribution is 9.10.